The Kier molecular flexibility index (Phi) is 4.57. The Bertz CT molecular complexity index is 253. The molecule has 0 spiro atoms. The number of carbonyl (C=O) groups is 1. The van der Waals surface area contributed by atoms with Gasteiger partial charge in [0.2, 0.25) is 0 Å². The lowest BCUT2D eigenvalue weighted by molar-refractivity contribution is -0.119. The van der Waals surface area contributed by atoms with Crippen molar-refractivity contribution in [2.45, 2.75) is 58.0 Å². The summed E-state index contributed by atoms with van der Waals surface area (Å²) >= 11 is 0. The van der Waals surface area contributed by atoms with Crippen molar-refractivity contribution in [2.75, 3.05) is 26.2 Å². The van der Waals surface area contributed by atoms with Gasteiger partial charge in [0, 0.05) is 25.2 Å². The van der Waals surface area contributed by atoms with Gasteiger partial charge in [-0.3, -0.25) is 9.69 Å². The van der Waals surface area contributed by atoms with E-state index < -0.39 is 0 Å². The van der Waals surface area contributed by atoms with Gasteiger partial charge in [-0.25, -0.2) is 0 Å². The fourth-order valence-corrected chi connectivity index (χ4v) is 3.36. The topological polar surface area (TPSA) is 23.6 Å². The Morgan fingerprint density at radius 2 is 1.82 bits per heavy atom. The van der Waals surface area contributed by atoms with E-state index in [-0.39, 0.29) is 0 Å². The van der Waals surface area contributed by atoms with Gasteiger partial charge in [-0.05, 0) is 32.7 Å². The molecule has 2 atom stereocenters. The molecule has 0 saturated carbocycles. The highest BCUT2D eigenvalue weighted by molar-refractivity contribution is 5.77. The van der Waals surface area contributed by atoms with Crippen LogP contribution in [0.2, 0.25) is 0 Å². The summed E-state index contributed by atoms with van der Waals surface area (Å²) in [5.74, 6) is 0.321. The van der Waals surface area contributed by atoms with E-state index in [1.54, 1.807) is 6.92 Å². The summed E-state index contributed by atoms with van der Waals surface area (Å²) in [5.41, 5.74) is 0. The lowest BCUT2D eigenvalue weighted by atomic mass is 10.1. The predicted molar refractivity (Wildman–Crippen MR) is 70.2 cm³/mol. The van der Waals surface area contributed by atoms with E-state index in [0.717, 1.165) is 0 Å². The maximum atomic E-state index is 11.3. The van der Waals surface area contributed by atoms with Gasteiger partial charge in [0.1, 0.15) is 5.78 Å². The van der Waals surface area contributed by atoms with Gasteiger partial charge in [-0.1, -0.05) is 19.8 Å². The van der Waals surface area contributed by atoms with E-state index in [2.05, 4.69) is 16.7 Å². The molecule has 2 unspecified atom stereocenters. The third kappa shape index (κ3) is 3.29. The first-order valence-electron chi connectivity index (χ1n) is 7.18. The molecule has 17 heavy (non-hydrogen) atoms. The molecule has 0 aliphatic carbocycles. The Balaban J connectivity index is 1.81. The molecule has 0 aromatic carbocycles. The minimum absolute atomic E-state index is 0.321. The first kappa shape index (κ1) is 13.0. The summed E-state index contributed by atoms with van der Waals surface area (Å²) < 4.78 is 0. The van der Waals surface area contributed by atoms with Crippen molar-refractivity contribution in [3.8, 4) is 0 Å². The van der Waals surface area contributed by atoms with Gasteiger partial charge < -0.3 is 4.90 Å². The molecule has 2 fully saturated rings. The Hall–Kier alpha value is -0.410. The van der Waals surface area contributed by atoms with Gasteiger partial charge in [-0.2, -0.15) is 0 Å². The van der Waals surface area contributed by atoms with Gasteiger partial charge in [0.25, 0.3) is 0 Å². The molecule has 3 heteroatoms. The van der Waals surface area contributed by atoms with Crippen LogP contribution in [0.15, 0.2) is 0 Å². The standard InChI is InChI=1S/C14H26N2O/c1-3-4-5-8-15-10-13-6-7-14(11-15)16(13)9-12(2)17/h13-14H,3-11H2,1-2H3. The zero-order valence-electron chi connectivity index (χ0n) is 11.3. The lowest BCUT2D eigenvalue weighted by Gasteiger charge is -2.40. The van der Waals surface area contributed by atoms with Gasteiger partial charge in [0.05, 0.1) is 6.54 Å². The van der Waals surface area contributed by atoms with Crippen LogP contribution in [-0.4, -0.2) is 53.8 Å². The fourth-order valence-electron chi connectivity index (χ4n) is 3.36. The molecule has 2 rings (SSSR count). The number of nitrogens with zero attached hydrogens (tertiary/aromatic N) is 2. The second kappa shape index (κ2) is 5.96. The average molecular weight is 238 g/mol. The van der Waals surface area contributed by atoms with Crippen LogP contribution in [0.1, 0.15) is 46.0 Å². The fraction of sp³-hybridized carbons (Fsp3) is 0.929. The summed E-state index contributed by atoms with van der Waals surface area (Å²) in [6.07, 6.45) is 6.58. The quantitative estimate of drug-likeness (QED) is 0.661. The van der Waals surface area contributed by atoms with E-state index >= 15 is 0 Å². The van der Waals surface area contributed by atoms with E-state index in [9.17, 15) is 4.79 Å². The number of hydrogen-bond acceptors (Lipinski definition) is 3. The van der Waals surface area contributed by atoms with Crippen molar-refractivity contribution in [3.05, 3.63) is 0 Å². The van der Waals surface area contributed by atoms with Crippen molar-refractivity contribution in [1.82, 2.24) is 9.80 Å². The smallest absolute Gasteiger partial charge is 0.143 e. The van der Waals surface area contributed by atoms with Crippen LogP contribution in [0.3, 0.4) is 0 Å². The summed E-state index contributed by atoms with van der Waals surface area (Å²) in [6, 6.07) is 1.30. The first-order chi connectivity index (χ1) is 8.20. The monoisotopic (exact) mass is 238 g/mol. The molecule has 2 bridgehead atoms. The molecule has 3 nitrogen and oxygen atoms in total. The molecule has 98 valence electrons. The number of unbranched alkanes of at least 4 members (excludes halogenated alkanes) is 2. The zero-order chi connectivity index (χ0) is 12.3. The second-order valence-electron chi connectivity index (χ2n) is 5.73. The number of ketones is 1. The highest BCUT2D eigenvalue weighted by atomic mass is 16.1. The number of likely N-dealkylation sites (tertiary alicyclic amines) is 1. The van der Waals surface area contributed by atoms with E-state index in [4.69, 9.17) is 0 Å². The predicted octanol–water partition coefficient (Wildman–Crippen LogP) is 1.91. The summed E-state index contributed by atoms with van der Waals surface area (Å²) in [7, 11) is 0. The number of carbonyl (C=O) groups excluding carboxylic acids is 1. The number of piperazine rings is 1. The summed E-state index contributed by atoms with van der Waals surface area (Å²) in [6.45, 7) is 8.29. The SMILES string of the molecule is CCCCCN1CC2CCC(C1)N2CC(C)=O. The molecule has 2 saturated heterocycles. The Labute approximate surface area is 105 Å². The zero-order valence-corrected chi connectivity index (χ0v) is 11.3. The largest absolute Gasteiger partial charge is 0.300 e. The highest BCUT2D eigenvalue weighted by Crippen LogP contribution is 2.29. The molecule has 0 amide bonds. The van der Waals surface area contributed by atoms with Gasteiger partial charge >= 0.3 is 0 Å². The van der Waals surface area contributed by atoms with E-state index in [1.165, 1.54) is 51.7 Å². The van der Waals surface area contributed by atoms with Gasteiger partial charge in [-0.15, -0.1) is 0 Å². The van der Waals surface area contributed by atoms with Crippen LogP contribution >= 0.6 is 0 Å². The molecule has 0 N–H and O–H groups in total. The molecular weight excluding hydrogens is 212 g/mol. The van der Waals surface area contributed by atoms with Crippen molar-refractivity contribution in [3.63, 3.8) is 0 Å². The third-order valence-corrected chi connectivity index (χ3v) is 4.19. The van der Waals surface area contributed by atoms with Crippen molar-refractivity contribution < 1.29 is 4.79 Å². The molecule has 0 aromatic rings. The van der Waals surface area contributed by atoms with E-state index in [1.807, 2.05) is 0 Å². The van der Waals surface area contributed by atoms with Crippen LogP contribution in [0.25, 0.3) is 0 Å². The Morgan fingerprint density at radius 3 is 2.35 bits per heavy atom. The third-order valence-electron chi connectivity index (χ3n) is 4.19. The normalized spacial score (nSPS) is 29.8. The maximum absolute atomic E-state index is 11.3. The number of Topliss-reactive ketones (excluding diaryl/α,β-unsaturated/α-hetero) is 1. The van der Waals surface area contributed by atoms with Gasteiger partial charge in [0.15, 0.2) is 0 Å². The van der Waals surface area contributed by atoms with Crippen LogP contribution < -0.4 is 0 Å². The molecule has 2 aliphatic rings. The first-order valence-corrected chi connectivity index (χ1v) is 7.18. The van der Waals surface area contributed by atoms with Crippen LogP contribution in [0.5, 0.6) is 0 Å². The van der Waals surface area contributed by atoms with E-state index in [0.29, 0.717) is 24.4 Å². The summed E-state index contributed by atoms with van der Waals surface area (Å²) in [4.78, 5) is 16.3. The minimum atomic E-state index is 0.321. The summed E-state index contributed by atoms with van der Waals surface area (Å²) in [5, 5.41) is 0. The highest BCUT2D eigenvalue weighted by Gasteiger charge is 2.39. The van der Waals surface area contributed by atoms with Crippen LogP contribution in [0.4, 0.5) is 0 Å². The molecular formula is C14H26N2O. The van der Waals surface area contributed by atoms with Crippen LogP contribution in [0, 0.1) is 0 Å². The average Bonchev–Trinajstić information content (AvgIpc) is 2.52. The molecule has 2 heterocycles. The number of rotatable bonds is 6. The minimum Gasteiger partial charge on any atom is -0.300 e. The Morgan fingerprint density at radius 1 is 1.18 bits per heavy atom. The number of fused-ring (bicyclic) bond motifs is 2. The second-order valence-corrected chi connectivity index (χ2v) is 5.73. The van der Waals surface area contributed by atoms with Crippen LogP contribution in [-0.2, 0) is 4.79 Å². The van der Waals surface area contributed by atoms with Crippen molar-refractivity contribution >= 4 is 5.78 Å². The van der Waals surface area contributed by atoms with Crippen molar-refractivity contribution in [2.24, 2.45) is 0 Å². The molecule has 0 aromatic heterocycles. The van der Waals surface area contributed by atoms with Crippen molar-refractivity contribution in [1.29, 1.82) is 0 Å². The number of hydrogen-bond donors (Lipinski definition) is 0. The lowest BCUT2D eigenvalue weighted by Crippen LogP contribution is -2.54. The maximum Gasteiger partial charge on any atom is 0.143 e. The molecule has 0 radical (unpaired) electrons. The molecule has 2 aliphatic heterocycles.